The van der Waals surface area contributed by atoms with Crippen molar-refractivity contribution in [2.45, 2.75) is 19.6 Å². The van der Waals surface area contributed by atoms with E-state index in [2.05, 4.69) is 54.0 Å². The summed E-state index contributed by atoms with van der Waals surface area (Å²) in [6.45, 7) is 9.52. The molecule has 0 amide bonds. The van der Waals surface area contributed by atoms with Gasteiger partial charge in [-0.05, 0) is 14.1 Å². The molecule has 0 bridgehead atoms. The van der Waals surface area contributed by atoms with Gasteiger partial charge in [-0.2, -0.15) is 0 Å². The zero-order chi connectivity index (χ0) is 10.2. The Bertz CT molecular complexity index is 175. The van der Waals surface area contributed by atoms with Crippen molar-refractivity contribution in [3.63, 3.8) is 0 Å². The van der Waals surface area contributed by atoms with Gasteiger partial charge >= 0.3 is 16.8 Å². The highest BCUT2D eigenvalue weighted by Gasteiger charge is 2.45. The van der Waals surface area contributed by atoms with Crippen LogP contribution in [0.1, 0.15) is 0 Å². The van der Waals surface area contributed by atoms with E-state index in [1.807, 2.05) is 0 Å². The van der Waals surface area contributed by atoms with Crippen molar-refractivity contribution >= 4 is 16.8 Å². The van der Waals surface area contributed by atoms with Crippen molar-refractivity contribution in [2.24, 2.45) is 0 Å². The first-order chi connectivity index (χ1) is 5.84. The molecule has 1 aliphatic heterocycles. The molecule has 0 radical (unpaired) electrons. The van der Waals surface area contributed by atoms with Gasteiger partial charge in [0.15, 0.2) is 0 Å². The van der Waals surface area contributed by atoms with Crippen LogP contribution in [0.4, 0.5) is 0 Å². The first kappa shape index (κ1) is 11.6. The maximum absolute atomic E-state index is 3.47. The van der Waals surface area contributed by atoms with Crippen LogP contribution in [0.3, 0.4) is 0 Å². The van der Waals surface area contributed by atoms with Crippen molar-refractivity contribution in [3.8, 4) is 0 Å². The SMILES string of the molecule is CN1CCN(C)P1[O+](C)[Si](C)(C)C. The van der Waals surface area contributed by atoms with Gasteiger partial charge in [-0.25, -0.2) is 9.34 Å². The highest BCUT2D eigenvalue weighted by atomic mass is 31.2. The maximum atomic E-state index is 3.47. The molecule has 1 saturated heterocycles. The van der Waals surface area contributed by atoms with Gasteiger partial charge in [0.25, 0.3) is 0 Å². The molecular weight excluding hydrogens is 199 g/mol. The Morgan fingerprint density at radius 3 is 1.77 bits per heavy atom. The zero-order valence-electron chi connectivity index (χ0n) is 9.66. The smallest absolute Gasteiger partial charge is 0.378 e. The van der Waals surface area contributed by atoms with Crippen LogP contribution in [0, 0.1) is 0 Å². The summed E-state index contributed by atoms with van der Waals surface area (Å²) >= 11 is 0. The van der Waals surface area contributed by atoms with E-state index in [4.69, 9.17) is 0 Å². The van der Waals surface area contributed by atoms with Gasteiger partial charge in [0.2, 0.25) is 0 Å². The average molecular weight is 221 g/mol. The molecule has 0 N–H and O–H groups in total. The Kier molecular flexibility index (Phi) is 3.53. The predicted molar refractivity (Wildman–Crippen MR) is 62.5 cm³/mol. The average Bonchev–Trinajstić information content (AvgIpc) is 2.28. The number of hydrogen-bond acceptors (Lipinski definition) is 2. The summed E-state index contributed by atoms with van der Waals surface area (Å²) in [5, 5.41) is 0. The fourth-order valence-electron chi connectivity index (χ4n) is 1.38. The number of rotatable bonds is 2. The lowest BCUT2D eigenvalue weighted by Gasteiger charge is -2.35. The van der Waals surface area contributed by atoms with Crippen LogP contribution in [-0.2, 0) is 3.84 Å². The predicted octanol–water partition coefficient (Wildman–Crippen LogP) is 2.11. The molecule has 1 rings (SSSR count). The lowest BCUT2D eigenvalue weighted by molar-refractivity contribution is 0.235. The zero-order valence-corrected chi connectivity index (χ0v) is 11.6. The molecule has 78 valence electrons. The van der Waals surface area contributed by atoms with Crippen LogP contribution in [0.2, 0.25) is 19.6 Å². The molecule has 0 aromatic heterocycles. The molecule has 5 heteroatoms. The third-order valence-corrected chi connectivity index (χ3v) is 8.43. The largest absolute Gasteiger partial charge is 0.487 e. The third-order valence-electron chi connectivity index (χ3n) is 2.46. The minimum Gasteiger partial charge on any atom is -0.487 e. The van der Waals surface area contributed by atoms with E-state index in [9.17, 15) is 0 Å². The Hall–Kier alpha value is 0.527. The third kappa shape index (κ3) is 2.51. The van der Waals surface area contributed by atoms with E-state index in [0.29, 0.717) is 0 Å². The molecule has 1 fully saturated rings. The van der Waals surface area contributed by atoms with Crippen LogP contribution in [0.15, 0.2) is 0 Å². The molecule has 0 aromatic carbocycles. The molecule has 0 spiro atoms. The molecule has 0 atom stereocenters. The van der Waals surface area contributed by atoms with Gasteiger partial charge in [0.05, 0.1) is 0 Å². The normalized spacial score (nSPS) is 23.3. The van der Waals surface area contributed by atoms with Gasteiger partial charge < -0.3 is 3.84 Å². The van der Waals surface area contributed by atoms with Crippen LogP contribution in [0.25, 0.3) is 0 Å². The van der Waals surface area contributed by atoms with Crippen molar-refractivity contribution in [1.82, 2.24) is 9.34 Å². The second kappa shape index (κ2) is 3.95. The summed E-state index contributed by atoms with van der Waals surface area (Å²) in [6, 6.07) is 0. The standard InChI is InChI=1S/C8H22N2OPSi/c1-9-7-8-10(2)12(9)11(3)13(4,5)6/h7-8H2,1-6H3/q+1. The molecule has 0 unspecified atom stereocenters. The van der Waals surface area contributed by atoms with Gasteiger partial charge in [0.1, 0.15) is 7.11 Å². The molecule has 0 saturated carbocycles. The van der Waals surface area contributed by atoms with E-state index in [1.54, 1.807) is 0 Å². The highest BCUT2D eigenvalue weighted by Crippen LogP contribution is 2.54. The van der Waals surface area contributed by atoms with E-state index in [-0.39, 0.29) is 8.45 Å². The van der Waals surface area contributed by atoms with Crippen molar-refractivity contribution < 1.29 is 3.84 Å². The fraction of sp³-hybridized carbons (Fsp3) is 1.00. The molecule has 13 heavy (non-hydrogen) atoms. The van der Waals surface area contributed by atoms with Crippen molar-refractivity contribution in [1.29, 1.82) is 0 Å². The monoisotopic (exact) mass is 221 g/mol. The molecule has 1 heterocycles. The minimum absolute atomic E-state index is 0.238. The lowest BCUT2D eigenvalue weighted by Crippen LogP contribution is -2.36. The summed E-state index contributed by atoms with van der Waals surface area (Å²) in [6.07, 6.45) is 0. The molecule has 0 aromatic rings. The van der Waals surface area contributed by atoms with Crippen LogP contribution in [0.5, 0.6) is 0 Å². The summed E-state index contributed by atoms with van der Waals surface area (Å²) in [5.41, 5.74) is 0. The second-order valence-corrected chi connectivity index (χ2v) is 12.2. The Labute approximate surface area is 84.4 Å². The molecule has 0 aliphatic carbocycles. The molecule has 1 aliphatic rings. The van der Waals surface area contributed by atoms with Crippen LogP contribution < -0.4 is 0 Å². The molecular formula is C8H22N2OPSi+. The van der Waals surface area contributed by atoms with Gasteiger partial charge in [0, 0.05) is 32.7 Å². The summed E-state index contributed by atoms with van der Waals surface area (Å²) in [5.74, 6) is 0. The minimum atomic E-state index is -1.21. The Morgan fingerprint density at radius 2 is 1.46 bits per heavy atom. The summed E-state index contributed by atoms with van der Waals surface area (Å²) < 4.78 is 8.39. The first-order valence-electron chi connectivity index (χ1n) is 4.72. The first-order valence-corrected chi connectivity index (χ1v) is 9.30. The van der Waals surface area contributed by atoms with E-state index in [1.165, 1.54) is 13.1 Å². The van der Waals surface area contributed by atoms with E-state index in [0.717, 1.165) is 0 Å². The lowest BCUT2D eigenvalue weighted by atomic mass is 10.6. The summed E-state index contributed by atoms with van der Waals surface area (Å²) in [4.78, 5) is 0. The second-order valence-electron chi connectivity index (χ2n) is 4.61. The van der Waals surface area contributed by atoms with Gasteiger partial charge in [-0.3, -0.25) is 0 Å². The topological polar surface area (TPSA) is 9.18 Å². The quantitative estimate of drug-likeness (QED) is 0.401. The maximum Gasteiger partial charge on any atom is 0.378 e. The van der Waals surface area contributed by atoms with E-state index < -0.39 is 8.32 Å². The van der Waals surface area contributed by atoms with Crippen LogP contribution in [-0.4, -0.2) is 52.0 Å². The van der Waals surface area contributed by atoms with Gasteiger partial charge in [-0.15, -0.1) is 0 Å². The molecule has 3 nitrogen and oxygen atoms in total. The van der Waals surface area contributed by atoms with Gasteiger partial charge in [-0.1, -0.05) is 0 Å². The fourth-order valence-corrected chi connectivity index (χ4v) is 6.06. The van der Waals surface area contributed by atoms with Crippen molar-refractivity contribution in [3.05, 3.63) is 0 Å². The van der Waals surface area contributed by atoms with Crippen molar-refractivity contribution in [2.75, 3.05) is 34.3 Å². The Morgan fingerprint density at radius 1 is 1.08 bits per heavy atom. The Balaban J connectivity index is 2.70. The van der Waals surface area contributed by atoms with E-state index >= 15 is 0 Å². The highest BCUT2D eigenvalue weighted by molar-refractivity contribution is 7.50. The number of hydrogen-bond donors (Lipinski definition) is 0. The van der Waals surface area contributed by atoms with Crippen LogP contribution >= 0.6 is 8.45 Å². The number of nitrogens with zero attached hydrogens (tertiary/aromatic N) is 2. The summed E-state index contributed by atoms with van der Waals surface area (Å²) in [7, 11) is 5.19. The number of likely N-dealkylation sites (N-methyl/N-ethyl adjacent to an activating group) is 2.